The third-order valence-corrected chi connectivity index (χ3v) is 5.21. The molecule has 0 bridgehead atoms. The molecule has 3 nitrogen and oxygen atoms in total. The first kappa shape index (κ1) is 19.4. The Labute approximate surface area is 155 Å². The molecule has 1 aromatic heterocycles. The van der Waals surface area contributed by atoms with E-state index in [2.05, 4.69) is 49.8 Å². The van der Waals surface area contributed by atoms with Crippen molar-refractivity contribution in [2.45, 2.75) is 39.7 Å². The van der Waals surface area contributed by atoms with E-state index >= 15 is 0 Å². The molecule has 4 heteroatoms. The predicted octanol–water partition coefficient (Wildman–Crippen LogP) is 5.16. The average Bonchev–Trinajstić information content (AvgIpc) is 3.26. The van der Waals surface area contributed by atoms with Crippen LogP contribution in [0.25, 0.3) is 0 Å². The Morgan fingerprint density at radius 3 is 2.88 bits per heavy atom. The molecule has 1 aliphatic rings. The minimum atomic E-state index is 0.262. The zero-order valence-electron chi connectivity index (χ0n) is 15.5. The maximum Gasteiger partial charge on any atom is 0.119 e. The molecule has 1 N–H and O–H groups in total. The van der Waals surface area contributed by atoms with Gasteiger partial charge in [-0.25, -0.2) is 4.99 Å². The maximum atomic E-state index is 5.65. The summed E-state index contributed by atoms with van der Waals surface area (Å²) >= 11 is 1.68. The van der Waals surface area contributed by atoms with Crippen molar-refractivity contribution < 1.29 is 4.74 Å². The van der Waals surface area contributed by atoms with Crippen molar-refractivity contribution in [3.8, 4) is 0 Å². The number of allylic oxidation sites excluding steroid dienone is 5. The van der Waals surface area contributed by atoms with Crippen LogP contribution in [0.2, 0.25) is 0 Å². The smallest absolute Gasteiger partial charge is 0.119 e. The number of aliphatic imine (C=N–C) groups is 1. The summed E-state index contributed by atoms with van der Waals surface area (Å²) in [5.74, 6) is 0.651. The van der Waals surface area contributed by atoms with E-state index in [-0.39, 0.29) is 6.10 Å². The first-order valence-electron chi connectivity index (χ1n) is 8.69. The van der Waals surface area contributed by atoms with Crippen molar-refractivity contribution in [1.29, 1.82) is 0 Å². The van der Waals surface area contributed by atoms with Gasteiger partial charge in [0.05, 0.1) is 16.7 Å². The van der Waals surface area contributed by atoms with Crippen LogP contribution in [-0.4, -0.2) is 25.0 Å². The standard InChI is InChI=1S/C21H28N2OS/c1-6-7-9-15(2)17(4)20(21-16(3)11-13-25-21)23-18(5)22-14-19-10-8-12-24-19/h6-7,9,11,13,19,22H,4-5,8,10,12,14H2,1-3H3/b7-6-,15-9+,23-20-. The molecule has 0 spiro atoms. The van der Waals surface area contributed by atoms with Crippen LogP contribution in [-0.2, 0) is 4.74 Å². The summed E-state index contributed by atoms with van der Waals surface area (Å²) < 4.78 is 5.65. The van der Waals surface area contributed by atoms with Gasteiger partial charge in [-0.3, -0.25) is 0 Å². The minimum absolute atomic E-state index is 0.262. The summed E-state index contributed by atoms with van der Waals surface area (Å²) in [7, 11) is 0. The van der Waals surface area contributed by atoms with Gasteiger partial charge in [0.25, 0.3) is 0 Å². The van der Waals surface area contributed by atoms with Crippen molar-refractivity contribution in [3.63, 3.8) is 0 Å². The summed E-state index contributed by atoms with van der Waals surface area (Å²) in [6.07, 6.45) is 8.57. The molecule has 0 aromatic carbocycles. The molecule has 0 amide bonds. The molecule has 1 saturated heterocycles. The SMILES string of the molecule is C=C(/N=C(/C(=C)/C(C)=C/C=C\C)c1sccc1C)NCC1CCCO1. The van der Waals surface area contributed by atoms with Crippen LogP contribution in [0, 0.1) is 6.92 Å². The van der Waals surface area contributed by atoms with Gasteiger partial charge in [-0.05, 0) is 61.8 Å². The van der Waals surface area contributed by atoms with Crippen LogP contribution in [0.4, 0.5) is 0 Å². The van der Waals surface area contributed by atoms with Crippen molar-refractivity contribution in [2.24, 2.45) is 4.99 Å². The molecule has 1 aliphatic heterocycles. The quantitative estimate of drug-likeness (QED) is 0.515. The Hall–Kier alpha value is -1.91. The van der Waals surface area contributed by atoms with Crippen LogP contribution in [0.15, 0.2) is 64.8 Å². The van der Waals surface area contributed by atoms with E-state index in [4.69, 9.17) is 9.73 Å². The third-order valence-electron chi connectivity index (χ3n) is 4.18. The lowest BCUT2D eigenvalue weighted by molar-refractivity contribution is 0.112. The first-order valence-corrected chi connectivity index (χ1v) is 9.57. The molecular weight excluding hydrogens is 328 g/mol. The molecule has 25 heavy (non-hydrogen) atoms. The monoisotopic (exact) mass is 356 g/mol. The van der Waals surface area contributed by atoms with E-state index in [9.17, 15) is 0 Å². The summed E-state index contributed by atoms with van der Waals surface area (Å²) in [4.78, 5) is 5.91. The van der Waals surface area contributed by atoms with Crippen LogP contribution < -0.4 is 5.32 Å². The molecule has 0 aliphatic carbocycles. The van der Waals surface area contributed by atoms with Crippen molar-refractivity contribution in [1.82, 2.24) is 5.32 Å². The first-order chi connectivity index (χ1) is 12.0. The van der Waals surface area contributed by atoms with Crippen LogP contribution in [0.1, 0.15) is 37.1 Å². The predicted molar refractivity (Wildman–Crippen MR) is 109 cm³/mol. The Morgan fingerprint density at radius 1 is 1.48 bits per heavy atom. The van der Waals surface area contributed by atoms with Gasteiger partial charge in [0, 0.05) is 13.2 Å². The fourth-order valence-electron chi connectivity index (χ4n) is 2.61. The van der Waals surface area contributed by atoms with Crippen molar-refractivity contribution in [3.05, 3.63) is 70.2 Å². The lowest BCUT2D eigenvalue weighted by Gasteiger charge is -2.14. The highest BCUT2D eigenvalue weighted by Crippen LogP contribution is 2.24. The van der Waals surface area contributed by atoms with Gasteiger partial charge in [0.15, 0.2) is 0 Å². The second-order valence-corrected chi connectivity index (χ2v) is 7.13. The van der Waals surface area contributed by atoms with Gasteiger partial charge >= 0.3 is 0 Å². The Balaban J connectivity index is 2.20. The van der Waals surface area contributed by atoms with E-state index in [1.165, 1.54) is 5.56 Å². The molecule has 134 valence electrons. The zero-order chi connectivity index (χ0) is 18.2. The number of rotatable bonds is 8. The maximum absolute atomic E-state index is 5.65. The highest BCUT2D eigenvalue weighted by molar-refractivity contribution is 7.12. The number of ether oxygens (including phenoxy) is 1. The Kier molecular flexibility index (Phi) is 7.41. The van der Waals surface area contributed by atoms with E-state index in [1.54, 1.807) is 11.3 Å². The number of thiophene rings is 1. The summed E-state index contributed by atoms with van der Waals surface area (Å²) in [6.45, 7) is 16.1. The lowest BCUT2D eigenvalue weighted by atomic mass is 10.0. The molecule has 1 aromatic rings. The largest absolute Gasteiger partial charge is 0.376 e. The number of nitrogens with zero attached hydrogens (tertiary/aromatic N) is 1. The molecule has 2 rings (SSSR count). The van der Waals surface area contributed by atoms with Crippen molar-refractivity contribution >= 4 is 17.0 Å². The van der Waals surface area contributed by atoms with Crippen LogP contribution >= 0.6 is 11.3 Å². The topological polar surface area (TPSA) is 33.6 Å². The van der Waals surface area contributed by atoms with Crippen LogP contribution in [0.5, 0.6) is 0 Å². The van der Waals surface area contributed by atoms with E-state index in [0.29, 0.717) is 5.82 Å². The minimum Gasteiger partial charge on any atom is -0.376 e. The molecule has 2 heterocycles. The number of aryl methyl sites for hydroxylation is 1. The number of hydrogen-bond acceptors (Lipinski definition) is 4. The second-order valence-electron chi connectivity index (χ2n) is 6.21. The van der Waals surface area contributed by atoms with Crippen LogP contribution in [0.3, 0.4) is 0 Å². The molecule has 1 fully saturated rings. The summed E-state index contributed by atoms with van der Waals surface area (Å²) in [5.41, 5.74) is 4.10. The average molecular weight is 357 g/mol. The Bertz CT molecular complexity index is 703. The zero-order valence-corrected chi connectivity index (χ0v) is 16.3. The van der Waals surface area contributed by atoms with Gasteiger partial charge in [0.1, 0.15) is 5.82 Å². The summed E-state index contributed by atoms with van der Waals surface area (Å²) in [6, 6.07) is 2.11. The summed E-state index contributed by atoms with van der Waals surface area (Å²) in [5, 5.41) is 5.38. The molecule has 1 atom stereocenters. The van der Waals surface area contributed by atoms with E-state index in [0.717, 1.165) is 47.7 Å². The fourth-order valence-corrected chi connectivity index (χ4v) is 3.55. The fraction of sp³-hybridized carbons (Fsp3) is 0.381. The van der Waals surface area contributed by atoms with Gasteiger partial charge in [-0.2, -0.15) is 0 Å². The van der Waals surface area contributed by atoms with E-state index < -0.39 is 0 Å². The van der Waals surface area contributed by atoms with Gasteiger partial charge in [-0.15, -0.1) is 11.3 Å². The lowest BCUT2D eigenvalue weighted by Crippen LogP contribution is -2.25. The van der Waals surface area contributed by atoms with Gasteiger partial charge < -0.3 is 10.1 Å². The van der Waals surface area contributed by atoms with Gasteiger partial charge in [-0.1, -0.05) is 31.4 Å². The highest BCUT2D eigenvalue weighted by atomic mass is 32.1. The second kappa shape index (κ2) is 9.54. The Morgan fingerprint density at radius 2 is 2.28 bits per heavy atom. The highest BCUT2D eigenvalue weighted by Gasteiger charge is 2.17. The van der Waals surface area contributed by atoms with Crippen molar-refractivity contribution in [2.75, 3.05) is 13.2 Å². The molecule has 0 saturated carbocycles. The normalized spacial score (nSPS) is 18.8. The van der Waals surface area contributed by atoms with E-state index in [1.807, 2.05) is 19.1 Å². The molecule has 0 radical (unpaired) electrons. The number of hydrogen-bond donors (Lipinski definition) is 1. The van der Waals surface area contributed by atoms with Gasteiger partial charge in [0.2, 0.25) is 0 Å². The molecular formula is C21H28N2OS. The number of nitrogens with one attached hydrogen (secondary N) is 1. The molecule has 1 unspecified atom stereocenters. The third kappa shape index (κ3) is 5.55.